The maximum absolute atomic E-state index is 13.5. The summed E-state index contributed by atoms with van der Waals surface area (Å²) in [5.74, 6) is -0.604. The monoisotopic (exact) mass is 558 g/mol. The highest BCUT2D eigenvalue weighted by molar-refractivity contribution is 8.16. The number of amides is 1. The molecule has 9 heteroatoms. The lowest BCUT2D eigenvalue weighted by Gasteiger charge is -2.37. The van der Waals surface area contributed by atoms with Gasteiger partial charge in [0.05, 0.1) is 30.3 Å². The Morgan fingerprint density at radius 1 is 1.05 bits per heavy atom. The van der Waals surface area contributed by atoms with E-state index in [0.717, 1.165) is 22.5 Å². The standard InChI is InChI=1S/C30H27ClN4O3S/c1-2-38-29(37)26-27(20-10-4-3-5-11-20)34-30-35(28(26)23-13-6-7-14-24(23)31)22(19-39-30)18-25(36)33-17-15-21-12-8-9-16-32-21/h3-14,16,19,28H,2,15,17-18H2,1H3,(H,33,36)/t28-/m1/s1. The first-order valence-electron chi connectivity index (χ1n) is 12.7. The van der Waals surface area contributed by atoms with E-state index in [4.69, 9.17) is 21.3 Å². The molecular formula is C30H27ClN4O3S. The molecule has 1 atom stereocenters. The van der Waals surface area contributed by atoms with Crippen LogP contribution >= 0.6 is 23.4 Å². The summed E-state index contributed by atoms with van der Waals surface area (Å²) in [5, 5.41) is 6.08. The van der Waals surface area contributed by atoms with E-state index in [1.165, 1.54) is 11.8 Å². The largest absolute Gasteiger partial charge is 0.463 e. The average Bonchev–Trinajstić information content (AvgIpc) is 3.35. The lowest BCUT2D eigenvalue weighted by atomic mass is 9.91. The van der Waals surface area contributed by atoms with E-state index in [1.54, 1.807) is 19.2 Å². The van der Waals surface area contributed by atoms with E-state index in [2.05, 4.69) is 10.3 Å². The van der Waals surface area contributed by atoms with Crippen LogP contribution in [0, 0.1) is 0 Å². The van der Waals surface area contributed by atoms with Crippen LogP contribution in [0.4, 0.5) is 0 Å². The third-order valence-electron chi connectivity index (χ3n) is 6.32. The molecule has 2 aromatic carbocycles. The van der Waals surface area contributed by atoms with Gasteiger partial charge in [0.1, 0.15) is 0 Å². The van der Waals surface area contributed by atoms with Gasteiger partial charge in [-0.3, -0.25) is 9.78 Å². The Morgan fingerprint density at radius 2 is 1.82 bits per heavy atom. The van der Waals surface area contributed by atoms with E-state index in [0.29, 0.717) is 34.4 Å². The molecule has 0 unspecified atom stereocenters. The van der Waals surface area contributed by atoms with E-state index in [9.17, 15) is 9.59 Å². The van der Waals surface area contributed by atoms with Crippen LogP contribution in [0.1, 0.15) is 36.2 Å². The molecule has 3 aromatic rings. The van der Waals surface area contributed by atoms with Crippen LogP contribution in [0.3, 0.4) is 0 Å². The summed E-state index contributed by atoms with van der Waals surface area (Å²) in [5.41, 5.74) is 4.08. The van der Waals surface area contributed by atoms with E-state index < -0.39 is 12.0 Å². The van der Waals surface area contributed by atoms with E-state index >= 15 is 0 Å². The molecule has 7 nitrogen and oxygen atoms in total. The second-order valence-corrected chi connectivity index (χ2v) is 10.1. The van der Waals surface area contributed by atoms with Gasteiger partial charge in [0.15, 0.2) is 5.17 Å². The van der Waals surface area contributed by atoms with Crippen LogP contribution in [0.5, 0.6) is 0 Å². The minimum atomic E-state index is -0.622. The summed E-state index contributed by atoms with van der Waals surface area (Å²) >= 11 is 8.14. The molecule has 0 aliphatic carbocycles. The molecule has 0 radical (unpaired) electrons. The summed E-state index contributed by atoms with van der Waals surface area (Å²) in [6.07, 6.45) is 2.49. The Balaban J connectivity index is 1.48. The van der Waals surface area contributed by atoms with Crippen molar-refractivity contribution < 1.29 is 14.3 Å². The predicted octanol–water partition coefficient (Wildman–Crippen LogP) is 5.76. The van der Waals surface area contributed by atoms with Gasteiger partial charge in [0.2, 0.25) is 5.91 Å². The number of aromatic nitrogens is 1. The van der Waals surface area contributed by atoms with Crippen molar-refractivity contribution in [2.45, 2.75) is 25.8 Å². The summed E-state index contributed by atoms with van der Waals surface area (Å²) in [6.45, 7) is 2.46. The molecular weight excluding hydrogens is 532 g/mol. The maximum Gasteiger partial charge on any atom is 0.338 e. The minimum Gasteiger partial charge on any atom is -0.463 e. The van der Waals surface area contributed by atoms with Crippen molar-refractivity contribution in [2.24, 2.45) is 4.99 Å². The summed E-state index contributed by atoms with van der Waals surface area (Å²) in [7, 11) is 0. The number of nitrogens with one attached hydrogen (secondary N) is 1. The highest BCUT2D eigenvalue weighted by Gasteiger charge is 2.43. The van der Waals surface area contributed by atoms with Crippen molar-refractivity contribution in [2.75, 3.05) is 13.2 Å². The van der Waals surface area contributed by atoms with Crippen LogP contribution in [0.15, 0.2) is 101 Å². The average molecular weight is 559 g/mol. The van der Waals surface area contributed by atoms with Crippen LogP contribution < -0.4 is 5.32 Å². The lowest BCUT2D eigenvalue weighted by Crippen LogP contribution is -2.38. The number of amidine groups is 1. The zero-order chi connectivity index (χ0) is 27.2. The molecule has 0 bridgehead atoms. The number of aliphatic imine (C=N–C) groups is 1. The SMILES string of the molecule is CCOC(=O)C1=C(c2ccccc2)N=C2SC=C(CC(=O)NCCc3ccccn3)N2[C@@H]1c1ccccc1Cl. The number of ether oxygens (including phenoxy) is 1. The van der Waals surface area contributed by atoms with Gasteiger partial charge < -0.3 is 15.0 Å². The van der Waals surface area contributed by atoms with Crippen LogP contribution in [0.25, 0.3) is 5.70 Å². The molecule has 0 spiro atoms. The smallest absolute Gasteiger partial charge is 0.338 e. The Morgan fingerprint density at radius 3 is 2.56 bits per heavy atom. The van der Waals surface area contributed by atoms with Crippen LogP contribution in [0.2, 0.25) is 5.02 Å². The number of pyridine rings is 1. The van der Waals surface area contributed by atoms with Gasteiger partial charge in [-0.1, -0.05) is 78.0 Å². The molecule has 5 rings (SSSR count). The number of benzene rings is 2. The maximum atomic E-state index is 13.5. The van der Waals surface area contributed by atoms with E-state index in [1.807, 2.05) is 77.0 Å². The van der Waals surface area contributed by atoms with E-state index in [-0.39, 0.29) is 18.9 Å². The first kappa shape index (κ1) is 26.7. The van der Waals surface area contributed by atoms with Crippen molar-refractivity contribution in [1.29, 1.82) is 0 Å². The zero-order valence-corrected chi connectivity index (χ0v) is 22.9. The molecule has 2 aliphatic heterocycles. The molecule has 1 aromatic heterocycles. The first-order valence-corrected chi connectivity index (χ1v) is 13.9. The number of esters is 1. The molecule has 0 saturated carbocycles. The number of hydrogen-bond acceptors (Lipinski definition) is 7. The number of thioether (sulfide) groups is 1. The fraction of sp³-hybridized carbons (Fsp3) is 0.200. The number of nitrogens with zero attached hydrogens (tertiary/aromatic N) is 3. The third-order valence-corrected chi connectivity index (χ3v) is 7.56. The second kappa shape index (κ2) is 12.3. The number of halogens is 1. The summed E-state index contributed by atoms with van der Waals surface area (Å²) < 4.78 is 5.54. The summed E-state index contributed by atoms with van der Waals surface area (Å²) in [6, 6.07) is 22.1. The quantitative estimate of drug-likeness (QED) is 0.336. The normalized spacial score (nSPS) is 16.4. The van der Waals surface area contributed by atoms with Gasteiger partial charge in [-0.05, 0) is 36.1 Å². The highest BCUT2D eigenvalue weighted by atomic mass is 35.5. The number of rotatable bonds is 9. The predicted molar refractivity (Wildman–Crippen MR) is 155 cm³/mol. The van der Waals surface area contributed by atoms with Gasteiger partial charge in [-0.15, -0.1) is 0 Å². The summed E-state index contributed by atoms with van der Waals surface area (Å²) in [4.78, 5) is 37.7. The Bertz CT molecular complexity index is 1460. The molecule has 3 heterocycles. The fourth-order valence-corrected chi connectivity index (χ4v) is 5.74. The zero-order valence-electron chi connectivity index (χ0n) is 21.3. The van der Waals surface area contributed by atoms with Crippen LogP contribution in [-0.2, 0) is 20.7 Å². The topological polar surface area (TPSA) is 83.9 Å². The van der Waals surface area contributed by atoms with Crippen molar-refractivity contribution in [3.63, 3.8) is 0 Å². The minimum absolute atomic E-state index is 0.117. The number of fused-ring (bicyclic) bond motifs is 1. The Labute approximate surface area is 236 Å². The molecule has 0 fully saturated rings. The molecule has 1 amide bonds. The highest BCUT2D eigenvalue weighted by Crippen LogP contribution is 2.48. The second-order valence-electron chi connectivity index (χ2n) is 8.86. The van der Waals surface area contributed by atoms with Gasteiger partial charge in [-0.25, -0.2) is 9.79 Å². The van der Waals surface area contributed by atoms with Crippen molar-refractivity contribution in [3.8, 4) is 0 Å². The Hall–Kier alpha value is -3.88. The fourth-order valence-electron chi connectivity index (χ4n) is 4.58. The number of hydrogen-bond donors (Lipinski definition) is 1. The van der Waals surface area contributed by atoms with Crippen molar-refractivity contribution in [1.82, 2.24) is 15.2 Å². The molecule has 1 N–H and O–H groups in total. The van der Waals surface area contributed by atoms with Gasteiger partial charge in [0.25, 0.3) is 0 Å². The van der Waals surface area contributed by atoms with Crippen molar-refractivity contribution in [3.05, 3.63) is 118 Å². The van der Waals surface area contributed by atoms with Crippen molar-refractivity contribution >= 4 is 46.1 Å². The molecule has 2 aliphatic rings. The number of carbonyl (C=O) groups is 2. The third kappa shape index (κ3) is 5.92. The molecule has 198 valence electrons. The van der Waals surface area contributed by atoms with Gasteiger partial charge in [0, 0.05) is 41.1 Å². The Kier molecular flexibility index (Phi) is 8.44. The molecule has 0 saturated heterocycles. The number of carbonyl (C=O) groups excluding carboxylic acids is 2. The van der Waals surface area contributed by atoms with Gasteiger partial charge in [-0.2, -0.15) is 0 Å². The molecule has 39 heavy (non-hydrogen) atoms. The lowest BCUT2D eigenvalue weighted by molar-refractivity contribution is -0.139. The van der Waals surface area contributed by atoms with Gasteiger partial charge >= 0.3 is 5.97 Å². The first-order chi connectivity index (χ1) is 19.1. The van der Waals surface area contributed by atoms with Crippen LogP contribution in [-0.4, -0.2) is 40.1 Å².